The summed E-state index contributed by atoms with van der Waals surface area (Å²) in [5.74, 6) is 0. The molecule has 20 heavy (non-hydrogen) atoms. The van der Waals surface area contributed by atoms with Crippen LogP contribution in [-0.2, 0) is 11.3 Å². The molecule has 0 spiro atoms. The summed E-state index contributed by atoms with van der Waals surface area (Å²) in [6.07, 6.45) is 0.576. The molecule has 5 nitrogen and oxygen atoms in total. The molecule has 0 bridgehead atoms. The van der Waals surface area contributed by atoms with Crippen molar-refractivity contribution in [3.63, 3.8) is 0 Å². The minimum absolute atomic E-state index is 0.147. The molecule has 1 unspecified atom stereocenters. The molecule has 2 rings (SSSR count). The highest BCUT2D eigenvalue weighted by atomic mass is 79.9. The largest absolute Gasteiger partial charge is 0.453 e. The predicted molar refractivity (Wildman–Crippen MR) is 83.1 cm³/mol. The van der Waals surface area contributed by atoms with Gasteiger partial charge in [0.1, 0.15) is 0 Å². The van der Waals surface area contributed by atoms with Crippen LogP contribution < -0.4 is 15.5 Å². The average molecular weight is 342 g/mol. The van der Waals surface area contributed by atoms with Gasteiger partial charge in [0, 0.05) is 29.8 Å². The molecule has 110 valence electrons. The van der Waals surface area contributed by atoms with Gasteiger partial charge in [-0.05, 0) is 37.2 Å². The van der Waals surface area contributed by atoms with Gasteiger partial charge in [-0.2, -0.15) is 0 Å². The summed E-state index contributed by atoms with van der Waals surface area (Å²) in [6.45, 7) is 2.57. The van der Waals surface area contributed by atoms with Crippen LogP contribution in [-0.4, -0.2) is 39.4 Å². The number of rotatable bonds is 4. The Labute approximate surface area is 127 Å². The van der Waals surface area contributed by atoms with E-state index in [4.69, 9.17) is 0 Å². The van der Waals surface area contributed by atoms with E-state index in [1.807, 2.05) is 7.05 Å². The molecule has 0 aromatic heterocycles. The van der Waals surface area contributed by atoms with Gasteiger partial charge in [-0.1, -0.05) is 15.9 Å². The second-order valence-electron chi connectivity index (χ2n) is 4.87. The minimum atomic E-state index is -0.358. The van der Waals surface area contributed by atoms with Crippen molar-refractivity contribution in [2.75, 3.05) is 32.1 Å². The second-order valence-corrected chi connectivity index (χ2v) is 5.79. The second kappa shape index (κ2) is 6.95. The fraction of sp³-hybridized carbons (Fsp3) is 0.500. The third-order valence-corrected chi connectivity index (χ3v) is 3.94. The first-order valence-corrected chi connectivity index (χ1v) is 7.45. The van der Waals surface area contributed by atoms with Crippen molar-refractivity contribution in [2.45, 2.75) is 19.0 Å². The molecule has 1 amide bonds. The number of nitrogens with zero attached hydrogens (tertiary/aromatic N) is 1. The standard InChI is InChI=1S/C14H20BrN3O2/c1-16-8-10-7-11(15)3-4-13(10)18-6-5-12(9-18)17-14(19)20-2/h3-4,7,12,16H,5-6,8-9H2,1-2H3,(H,17,19). The molecular formula is C14H20BrN3O2. The van der Waals surface area contributed by atoms with Crippen molar-refractivity contribution in [3.8, 4) is 0 Å². The number of halogens is 1. The SMILES string of the molecule is CNCc1cc(Br)ccc1N1CCC(NC(=O)OC)C1. The number of anilines is 1. The number of hydrogen-bond donors (Lipinski definition) is 2. The molecule has 1 fully saturated rings. The third-order valence-electron chi connectivity index (χ3n) is 3.45. The average Bonchev–Trinajstić information content (AvgIpc) is 2.87. The van der Waals surface area contributed by atoms with Gasteiger partial charge in [-0.3, -0.25) is 0 Å². The molecule has 1 saturated heterocycles. The van der Waals surface area contributed by atoms with E-state index < -0.39 is 0 Å². The number of amides is 1. The van der Waals surface area contributed by atoms with E-state index in [0.29, 0.717) is 0 Å². The summed E-state index contributed by atoms with van der Waals surface area (Å²) in [4.78, 5) is 13.6. The van der Waals surface area contributed by atoms with Crippen LogP contribution in [0.4, 0.5) is 10.5 Å². The van der Waals surface area contributed by atoms with Crippen LogP contribution in [0.1, 0.15) is 12.0 Å². The lowest BCUT2D eigenvalue weighted by atomic mass is 10.1. The maximum atomic E-state index is 11.3. The molecule has 1 aromatic rings. The molecule has 1 atom stereocenters. The van der Waals surface area contributed by atoms with Gasteiger partial charge in [-0.25, -0.2) is 4.79 Å². The van der Waals surface area contributed by atoms with E-state index in [9.17, 15) is 4.79 Å². The molecule has 0 saturated carbocycles. The summed E-state index contributed by atoms with van der Waals surface area (Å²) < 4.78 is 5.72. The quantitative estimate of drug-likeness (QED) is 0.880. The Kier molecular flexibility index (Phi) is 5.25. The lowest BCUT2D eigenvalue weighted by molar-refractivity contribution is 0.167. The Morgan fingerprint density at radius 3 is 3.05 bits per heavy atom. The van der Waals surface area contributed by atoms with Gasteiger partial charge in [0.05, 0.1) is 13.2 Å². The van der Waals surface area contributed by atoms with E-state index in [1.165, 1.54) is 18.4 Å². The number of alkyl carbamates (subject to hydrolysis) is 1. The van der Waals surface area contributed by atoms with Gasteiger partial charge in [0.25, 0.3) is 0 Å². The maximum absolute atomic E-state index is 11.3. The van der Waals surface area contributed by atoms with E-state index in [0.717, 1.165) is 30.5 Å². The van der Waals surface area contributed by atoms with E-state index in [-0.39, 0.29) is 12.1 Å². The number of benzene rings is 1. The third kappa shape index (κ3) is 3.64. The van der Waals surface area contributed by atoms with Crippen molar-refractivity contribution in [2.24, 2.45) is 0 Å². The zero-order valence-electron chi connectivity index (χ0n) is 11.8. The minimum Gasteiger partial charge on any atom is -0.453 e. The monoisotopic (exact) mass is 341 g/mol. The number of hydrogen-bond acceptors (Lipinski definition) is 4. The van der Waals surface area contributed by atoms with Crippen LogP contribution in [0.15, 0.2) is 22.7 Å². The van der Waals surface area contributed by atoms with Crippen LogP contribution >= 0.6 is 15.9 Å². The Hall–Kier alpha value is -1.27. The molecule has 1 aliphatic rings. The van der Waals surface area contributed by atoms with Crippen molar-refractivity contribution in [1.29, 1.82) is 0 Å². The van der Waals surface area contributed by atoms with Crippen molar-refractivity contribution in [3.05, 3.63) is 28.2 Å². The van der Waals surface area contributed by atoms with Crippen molar-refractivity contribution < 1.29 is 9.53 Å². The first-order valence-electron chi connectivity index (χ1n) is 6.66. The highest BCUT2D eigenvalue weighted by Crippen LogP contribution is 2.27. The van der Waals surface area contributed by atoms with Crippen LogP contribution in [0.25, 0.3) is 0 Å². The predicted octanol–water partition coefficient (Wildman–Crippen LogP) is 2.10. The summed E-state index contributed by atoms with van der Waals surface area (Å²) in [7, 11) is 3.33. The number of nitrogens with one attached hydrogen (secondary N) is 2. The van der Waals surface area contributed by atoms with Crippen LogP contribution in [0.5, 0.6) is 0 Å². The van der Waals surface area contributed by atoms with E-state index in [2.05, 4.69) is 54.4 Å². The fourth-order valence-electron chi connectivity index (χ4n) is 2.52. The first-order chi connectivity index (χ1) is 9.63. The smallest absolute Gasteiger partial charge is 0.407 e. The van der Waals surface area contributed by atoms with Crippen LogP contribution in [0.3, 0.4) is 0 Å². The van der Waals surface area contributed by atoms with Gasteiger partial charge < -0.3 is 20.3 Å². The highest BCUT2D eigenvalue weighted by Gasteiger charge is 2.25. The summed E-state index contributed by atoms with van der Waals surface area (Å²) in [5.41, 5.74) is 2.47. The summed E-state index contributed by atoms with van der Waals surface area (Å²) in [6, 6.07) is 6.45. The summed E-state index contributed by atoms with van der Waals surface area (Å²) >= 11 is 3.51. The first kappa shape index (κ1) is 15.1. The van der Waals surface area contributed by atoms with Gasteiger partial charge in [0.2, 0.25) is 0 Å². The van der Waals surface area contributed by atoms with E-state index in [1.54, 1.807) is 0 Å². The number of ether oxygens (including phenoxy) is 1. The lowest BCUT2D eigenvalue weighted by Crippen LogP contribution is -2.37. The number of carbonyl (C=O) groups excluding carboxylic acids is 1. The molecule has 1 heterocycles. The Bertz CT molecular complexity index is 481. The van der Waals surface area contributed by atoms with Gasteiger partial charge >= 0.3 is 6.09 Å². The van der Waals surface area contributed by atoms with Gasteiger partial charge in [-0.15, -0.1) is 0 Å². The van der Waals surface area contributed by atoms with Crippen LogP contribution in [0, 0.1) is 0 Å². The van der Waals surface area contributed by atoms with Gasteiger partial charge in [0.15, 0.2) is 0 Å². The zero-order valence-corrected chi connectivity index (χ0v) is 13.4. The topological polar surface area (TPSA) is 53.6 Å². The van der Waals surface area contributed by atoms with Crippen LogP contribution in [0.2, 0.25) is 0 Å². The summed E-state index contributed by atoms with van der Waals surface area (Å²) in [5, 5.41) is 6.05. The van der Waals surface area contributed by atoms with Crippen molar-refractivity contribution in [1.82, 2.24) is 10.6 Å². The number of carbonyl (C=O) groups is 1. The highest BCUT2D eigenvalue weighted by molar-refractivity contribution is 9.10. The Morgan fingerprint density at radius 1 is 1.55 bits per heavy atom. The Morgan fingerprint density at radius 2 is 2.35 bits per heavy atom. The molecule has 0 aliphatic carbocycles. The lowest BCUT2D eigenvalue weighted by Gasteiger charge is -2.22. The molecule has 2 N–H and O–H groups in total. The molecule has 1 aromatic carbocycles. The maximum Gasteiger partial charge on any atom is 0.407 e. The number of methoxy groups -OCH3 is 1. The molecule has 0 radical (unpaired) electrons. The normalized spacial score (nSPS) is 18.1. The van der Waals surface area contributed by atoms with Crippen molar-refractivity contribution >= 4 is 27.7 Å². The molecule has 6 heteroatoms. The molecular weight excluding hydrogens is 322 g/mol. The van der Waals surface area contributed by atoms with E-state index >= 15 is 0 Å². The Balaban J connectivity index is 2.07. The molecule has 1 aliphatic heterocycles. The fourth-order valence-corrected chi connectivity index (χ4v) is 2.93. The zero-order chi connectivity index (χ0) is 14.5.